The first-order valence-electron chi connectivity index (χ1n) is 8.79. The van der Waals surface area contributed by atoms with E-state index in [1.807, 2.05) is 36.0 Å². The van der Waals surface area contributed by atoms with Crippen molar-refractivity contribution in [2.45, 2.75) is 6.10 Å². The number of benzene rings is 2. The molecule has 3 rings (SSSR count). The van der Waals surface area contributed by atoms with Crippen molar-refractivity contribution in [1.29, 1.82) is 0 Å². The first-order chi connectivity index (χ1) is 13.5. The predicted octanol–water partition coefficient (Wildman–Crippen LogP) is 2.67. The molecule has 0 radical (unpaired) electrons. The Hall–Kier alpha value is -3.19. The van der Waals surface area contributed by atoms with Crippen LogP contribution in [0, 0.1) is 0 Å². The van der Waals surface area contributed by atoms with Crippen LogP contribution in [0.15, 0.2) is 42.6 Å². The summed E-state index contributed by atoms with van der Waals surface area (Å²) in [6, 6.07) is 10.8. The highest BCUT2D eigenvalue weighted by Gasteiger charge is 2.18. The van der Waals surface area contributed by atoms with E-state index < -0.39 is 6.10 Å². The monoisotopic (exact) mass is 384 g/mol. The molecule has 1 unspecified atom stereocenters. The predicted molar refractivity (Wildman–Crippen MR) is 106 cm³/mol. The van der Waals surface area contributed by atoms with Crippen LogP contribution in [-0.2, 0) is 7.05 Å². The Balaban J connectivity index is 1.73. The summed E-state index contributed by atoms with van der Waals surface area (Å²) in [5.74, 6) is 1.08. The second-order valence-corrected chi connectivity index (χ2v) is 6.38. The van der Waals surface area contributed by atoms with Gasteiger partial charge in [-0.15, -0.1) is 0 Å². The summed E-state index contributed by atoms with van der Waals surface area (Å²) in [6.45, 7) is 0.0459. The minimum absolute atomic E-state index is 0.0459. The Morgan fingerprint density at radius 3 is 2.36 bits per heavy atom. The van der Waals surface area contributed by atoms with Crippen molar-refractivity contribution < 1.29 is 24.1 Å². The van der Waals surface area contributed by atoms with E-state index in [1.54, 1.807) is 18.2 Å². The number of methoxy groups -OCH3 is 3. The molecular formula is C21H24N2O5. The number of rotatable bonds is 7. The molecule has 0 saturated carbocycles. The molecule has 7 heteroatoms. The number of aliphatic hydroxyl groups excluding tert-OH is 1. The molecule has 0 spiro atoms. The number of aryl methyl sites for hydroxylation is 1. The van der Waals surface area contributed by atoms with E-state index in [-0.39, 0.29) is 12.5 Å². The molecule has 0 aliphatic carbocycles. The van der Waals surface area contributed by atoms with Crippen LogP contribution in [0.1, 0.15) is 22.0 Å². The maximum Gasteiger partial charge on any atom is 0.251 e. The number of nitrogens with one attached hydrogen (secondary N) is 1. The summed E-state index contributed by atoms with van der Waals surface area (Å²) in [5, 5.41) is 14.3. The molecule has 148 valence electrons. The summed E-state index contributed by atoms with van der Waals surface area (Å²) >= 11 is 0. The molecule has 3 aromatic rings. The van der Waals surface area contributed by atoms with E-state index in [4.69, 9.17) is 14.2 Å². The molecule has 0 saturated heterocycles. The SMILES string of the molecule is COc1cc(C(O)CNC(=O)c2ccc3c(ccn3C)c2)cc(OC)c1OC. The van der Waals surface area contributed by atoms with E-state index in [2.05, 4.69) is 5.32 Å². The topological polar surface area (TPSA) is 82.0 Å². The Morgan fingerprint density at radius 1 is 1.07 bits per heavy atom. The third-order valence-electron chi connectivity index (χ3n) is 4.68. The Morgan fingerprint density at radius 2 is 1.75 bits per heavy atom. The lowest BCUT2D eigenvalue weighted by Crippen LogP contribution is -2.28. The van der Waals surface area contributed by atoms with Gasteiger partial charge in [0.25, 0.3) is 5.91 Å². The number of nitrogens with zero attached hydrogens (tertiary/aromatic N) is 1. The van der Waals surface area contributed by atoms with Gasteiger partial charge in [-0.3, -0.25) is 4.79 Å². The van der Waals surface area contributed by atoms with Crippen LogP contribution < -0.4 is 19.5 Å². The maximum atomic E-state index is 12.5. The van der Waals surface area contributed by atoms with Crippen molar-refractivity contribution in [3.8, 4) is 17.2 Å². The average Bonchev–Trinajstić information content (AvgIpc) is 3.10. The Kier molecular flexibility index (Phi) is 5.75. The molecule has 0 aliphatic rings. The van der Waals surface area contributed by atoms with Crippen molar-refractivity contribution in [3.05, 3.63) is 53.7 Å². The standard InChI is InChI=1S/C21H24N2O5/c1-23-8-7-13-9-14(5-6-16(13)23)21(25)22-12-17(24)15-10-18(26-2)20(28-4)19(11-15)27-3/h5-11,17,24H,12H2,1-4H3,(H,22,25). The summed E-state index contributed by atoms with van der Waals surface area (Å²) in [4.78, 5) is 12.5. The minimum Gasteiger partial charge on any atom is -0.493 e. The lowest BCUT2D eigenvalue weighted by Gasteiger charge is -2.17. The maximum absolute atomic E-state index is 12.5. The molecule has 2 N–H and O–H groups in total. The highest BCUT2D eigenvalue weighted by Crippen LogP contribution is 2.39. The van der Waals surface area contributed by atoms with Crippen LogP contribution in [0.3, 0.4) is 0 Å². The van der Waals surface area contributed by atoms with Gasteiger partial charge in [0.1, 0.15) is 0 Å². The average molecular weight is 384 g/mol. The molecule has 1 amide bonds. The van der Waals surface area contributed by atoms with E-state index >= 15 is 0 Å². The molecule has 1 aromatic heterocycles. The minimum atomic E-state index is -0.932. The lowest BCUT2D eigenvalue weighted by molar-refractivity contribution is 0.0916. The third kappa shape index (κ3) is 3.75. The van der Waals surface area contributed by atoms with Crippen LogP contribution in [0.4, 0.5) is 0 Å². The highest BCUT2D eigenvalue weighted by atomic mass is 16.5. The second kappa shape index (κ2) is 8.22. The number of aliphatic hydroxyl groups is 1. The van der Waals surface area contributed by atoms with Gasteiger partial charge in [0, 0.05) is 36.3 Å². The Labute approximate surface area is 163 Å². The number of amides is 1. The summed E-state index contributed by atoms with van der Waals surface area (Å²) in [7, 11) is 6.49. The molecule has 0 bridgehead atoms. The fourth-order valence-corrected chi connectivity index (χ4v) is 3.13. The Bertz CT molecular complexity index is 971. The van der Waals surface area contributed by atoms with Crippen molar-refractivity contribution in [3.63, 3.8) is 0 Å². The molecule has 7 nitrogen and oxygen atoms in total. The lowest BCUT2D eigenvalue weighted by atomic mass is 10.1. The van der Waals surface area contributed by atoms with E-state index in [0.29, 0.717) is 28.4 Å². The highest BCUT2D eigenvalue weighted by molar-refractivity contribution is 5.98. The first-order valence-corrected chi connectivity index (χ1v) is 8.79. The van der Waals surface area contributed by atoms with Crippen LogP contribution in [0.5, 0.6) is 17.2 Å². The van der Waals surface area contributed by atoms with Crippen LogP contribution in [0.2, 0.25) is 0 Å². The number of hydrogen-bond acceptors (Lipinski definition) is 5. The van der Waals surface area contributed by atoms with Crippen molar-refractivity contribution in [2.75, 3.05) is 27.9 Å². The van der Waals surface area contributed by atoms with Gasteiger partial charge < -0.3 is 29.2 Å². The molecule has 28 heavy (non-hydrogen) atoms. The van der Waals surface area contributed by atoms with Crippen LogP contribution in [-0.4, -0.2) is 43.5 Å². The van der Waals surface area contributed by atoms with Gasteiger partial charge in [-0.1, -0.05) is 0 Å². The van der Waals surface area contributed by atoms with Crippen molar-refractivity contribution in [2.24, 2.45) is 7.05 Å². The second-order valence-electron chi connectivity index (χ2n) is 6.38. The summed E-state index contributed by atoms with van der Waals surface area (Å²) in [5.41, 5.74) is 2.14. The van der Waals surface area contributed by atoms with Crippen LogP contribution in [0.25, 0.3) is 10.9 Å². The van der Waals surface area contributed by atoms with Gasteiger partial charge >= 0.3 is 0 Å². The molecule has 0 aliphatic heterocycles. The summed E-state index contributed by atoms with van der Waals surface area (Å²) < 4.78 is 17.9. The smallest absolute Gasteiger partial charge is 0.251 e. The zero-order valence-corrected chi connectivity index (χ0v) is 16.4. The van der Waals surface area contributed by atoms with Gasteiger partial charge in [0.2, 0.25) is 5.75 Å². The fraction of sp³-hybridized carbons (Fsp3) is 0.286. The van der Waals surface area contributed by atoms with Gasteiger partial charge in [-0.25, -0.2) is 0 Å². The molecular weight excluding hydrogens is 360 g/mol. The number of ether oxygens (including phenoxy) is 3. The number of carbonyl (C=O) groups excluding carboxylic acids is 1. The van der Waals surface area contributed by atoms with Crippen molar-refractivity contribution >= 4 is 16.8 Å². The zero-order valence-electron chi connectivity index (χ0n) is 16.4. The molecule has 2 aromatic carbocycles. The first kappa shape index (κ1) is 19.6. The number of carbonyl (C=O) groups is 1. The van der Waals surface area contributed by atoms with Gasteiger partial charge in [-0.05, 0) is 42.0 Å². The third-order valence-corrected chi connectivity index (χ3v) is 4.68. The summed E-state index contributed by atoms with van der Waals surface area (Å²) in [6.07, 6.45) is 1.01. The van der Waals surface area contributed by atoms with E-state index in [9.17, 15) is 9.90 Å². The van der Waals surface area contributed by atoms with Gasteiger partial charge in [-0.2, -0.15) is 0 Å². The molecule has 1 atom stereocenters. The van der Waals surface area contributed by atoms with Gasteiger partial charge in [0.05, 0.1) is 27.4 Å². The van der Waals surface area contributed by atoms with Crippen LogP contribution >= 0.6 is 0 Å². The number of fused-ring (bicyclic) bond motifs is 1. The van der Waals surface area contributed by atoms with Crippen molar-refractivity contribution in [1.82, 2.24) is 9.88 Å². The molecule has 0 fully saturated rings. The molecule has 1 heterocycles. The van der Waals surface area contributed by atoms with E-state index in [0.717, 1.165) is 10.9 Å². The zero-order chi connectivity index (χ0) is 20.3. The number of aromatic nitrogens is 1. The van der Waals surface area contributed by atoms with Gasteiger partial charge in [0.15, 0.2) is 11.5 Å². The normalized spacial score (nSPS) is 11.9. The number of hydrogen-bond donors (Lipinski definition) is 2. The fourth-order valence-electron chi connectivity index (χ4n) is 3.13. The quantitative estimate of drug-likeness (QED) is 0.655. The largest absolute Gasteiger partial charge is 0.493 e. The van der Waals surface area contributed by atoms with E-state index in [1.165, 1.54) is 21.3 Å².